The molecule has 1 aromatic heterocycles. The van der Waals surface area contributed by atoms with Crippen LogP contribution in [0, 0.1) is 12.7 Å². The second-order valence-corrected chi connectivity index (χ2v) is 13.2. The molecule has 4 aromatic rings. The average molecular weight is 579 g/mol. The van der Waals surface area contributed by atoms with Crippen LogP contribution in [0.1, 0.15) is 52.9 Å². The molecule has 1 aliphatic rings. The van der Waals surface area contributed by atoms with E-state index in [4.69, 9.17) is 4.74 Å². The highest BCUT2D eigenvalue weighted by Gasteiger charge is 2.26. The fraction of sp³-hybridized carbons (Fsp3) is 0.300. The number of aromatic amines is 1. The predicted octanol–water partition coefficient (Wildman–Crippen LogP) is 4.64. The zero-order valence-corrected chi connectivity index (χ0v) is 24.3. The summed E-state index contributed by atoms with van der Waals surface area (Å²) in [6.07, 6.45) is 0.930. The molecule has 3 aromatic carbocycles. The Kier molecular flexibility index (Phi) is 7.10. The number of carbonyl (C=O) groups is 2. The third-order valence-electron chi connectivity index (χ3n) is 6.83. The molecule has 2 N–H and O–H groups in total. The van der Waals surface area contributed by atoms with Gasteiger partial charge in [-0.3, -0.25) is 9.59 Å². The van der Waals surface area contributed by atoms with Crippen molar-refractivity contribution in [3.8, 4) is 16.9 Å². The molecule has 5 rings (SSSR count). The zero-order chi connectivity index (χ0) is 29.7. The van der Waals surface area contributed by atoms with Crippen LogP contribution in [0.5, 0.6) is 5.75 Å². The zero-order valence-electron chi connectivity index (χ0n) is 23.5. The number of H-pyrrole nitrogens is 1. The first-order chi connectivity index (χ1) is 19.2. The van der Waals surface area contributed by atoms with Gasteiger partial charge < -0.3 is 19.9 Å². The summed E-state index contributed by atoms with van der Waals surface area (Å²) in [7, 11) is -3.77. The maximum absolute atomic E-state index is 14.9. The first kappa shape index (κ1) is 28.3. The minimum Gasteiger partial charge on any atom is -0.491 e. The molecular weight excluding hydrogens is 547 g/mol. The molecule has 0 radical (unpaired) electrons. The Morgan fingerprint density at radius 1 is 1.07 bits per heavy atom. The van der Waals surface area contributed by atoms with Crippen LogP contribution < -0.4 is 10.1 Å². The van der Waals surface area contributed by atoms with Crippen molar-refractivity contribution in [1.82, 2.24) is 20.2 Å². The molecule has 2 amide bonds. The second kappa shape index (κ2) is 10.3. The summed E-state index contributed by atoms with van der Waals surface area (Å²) in [5.74, 6) is -0.747. The molecule has 2 heterocycles. The minimum atomic E-state index is -3.77. The second-order valence-electron chi connectivity index (χ2n) is 11.2. The van der Waals surface area contributed by atoms with Crippen LogP contribution in [0.25, 0.3) is 22.2 Å². The summed E-state index contributed by atoms with van der Waals surface area (Å²) in [6.45, 7) is 7.85. The van der Waals surface area contributed by atoms with E-state index in [-0.39, 0.29) is 42.6 Å². The van der Waals surface area contributed by atoms with E-state index in [2.05, 4.69) is 15.3 Å². The first-order valence-electron chi connectivity index (χ1n) is 13.1. The number of nitrogens with one attached hydrogen (secondary N) is 2. The number of rotatable bonds is 4. The van der Waals surface area contributed by atoms with Crippen molar-refractivity contribution in [3.05, 3.63) is 76.9 Å². The van der Waals surface area contributed by atoms with Gasteiger partial charge in [0.1, 0.15) is 23.1 Å². The minimum absolute atomic E-state index is 0.0134. The van der Waals surface area contributed by atoms with E-state index in [9.17, 15) is 22.4 Å². The number of hydrogen-bond donors (Lipinski definition) is 2. The normalized spacial score (nSPS) is 13.9. The lowest BCUT2D eigenvalue weighted by Gasteiger charge is -2.21. The summed E-state index contributed by atoms with van der Waals surface area (Å²) in [6, 6.07) is 13.9. The standard InChI is InChI=1S/C30H31FN4O5S/c1-17-21(8-11-25(26(17)31)41(5,38)39)29(37)35-12-13-40-24-10-7-18(14-20(24)16-35)19-6-9-22-23(15-19)33-27(32-22)28(36)34-30(2,3)4/h6-11,14-15H,12-13,16H2,1-5H3,(H,32,33)(H,34,36). The number of aromatic nitrogens is 2. The predicted molar refractivity (Wildman–Crippen MR) is 153 cm³/mol. The number of amides is 2. The third kappa shape index (κ3) is 5.81. The Balaban J connectivity index is 1.43. The van der Waals surface area contributed by atoms with Gasteiger partial charge >= 0.3 is 0 Å². The van der Waals surface area contributed by atoms with E-state index in [0.29, 0.717) is 16.8 Å². The lowest BCUT2D eigenvalue weighted by atomic mass is 10.0. The van der Waals surface area contributed by atoms with Crippen molar-refractivity contribution >= 4 is 32.7 Å². The summed E-state index contributed by atoms with van der Waals surface area (Å²) in [5, 5.41) is 2.90. The number of sulfone groups is 1. The molecular formula is C30H31FN4O5S. The van der Waals surface area contributed by atoms with Crippen LogP contribution in [0.4, 0.5) is 4.39 Å². The van der Waals surface area contributed by atoms with Crippen molar-refractivity contribution in [1.29, 1.82) is 0 Å². The molecule has 214 valence electrons. The lowest BCUT2D eigenvalue weighted by molar-refractivity contribution is 0.0731. The Morgan fingerprint density at radius 2 is 1.78 bits per heavy atom. The van der Waals surface area contributed by atoms with Crippen LogP contribution in [-0.4, -0.2) is 60.0 Å². The van der Waals surface area contributed by atoms with Gasteiger partial charge in [-0.15, -0.1) is 0 Å². The summed E-state index contributed by atoms with van der Waals surface area (Å²) in [5.41, 5.74) is 3.58. The molecule has 41 heavy (non-hydrogen) atoms. The molecule has 0 saturated heterocycles. The van der Waals surface area contributed by atoms with Gasteiger partial charge in [0.2, 0.25) is 0 Å². The molecule has 0 bridgehead atoms. The van der Waals surface area contributed by atoms with Gasteiger partial charge in [-0.05, 0) is 80.8 Å². The van der Waals surface area contributed by atoms with Gasteiger partial charge in [0.15, 0.2) is 15.7 Å². The largest absolute Gasteiger partial charge is 0.491 e. The molecule has 0 spiro atoms. The van der Waals surface area contributed by atoms with Crippen LogP contribution in [0.2, 0.25) is 0 Å². The number of fused-ring (bicyclic) bond motifs is 2. The Hall–Kier alpha value is -4.25. The molecule has 9 nitrogen and oxygen atoms in total. The van der Waals surface area contributed by atoms with Crippen molar-refractivity contribution < 1.29 is 27.1 Å². The van der Waals surface area contributed by atoms with E-state index in [1.807, 2.05) is 57.2 Å². The van der Waals surface area contributed by atoms with Gasteiger partial charge in [-0.1, -0.05) is 12.1 Å². The monoisotopic (exact) mass is 578 g/mol. The number of hydrogen-bond acceptors (Lipinski definition) is 6. The summed E-state index contributed by atoms with van der Waals surface area (Å²) < 4.78 is 44.6. The number of benzene rings is 3. The fourth-order valence-corrected chi connectivity index (χ4v) is 5.59. The van der Waals surface area contributed by atoms with Gasteiger partial charge in [0.05, 0.1) is 17.6 Å². The van der Waals surface area contributed by atoms with Crippen molar-refractivity contribution in [3.63, 3.8) is 0 Å². The van der Waals surface area contributed by atoms with Crippen LogP contribution >= 0.6 is 0 Å². The maximum Gasteiger partial charge on any atom is 0.287 e. The number of imidazole rings is 1. The van der Waals surface area contributed by atoms with Gasteiger partial charge in [-0.2, -0.15) is 0 Å². The van der Waals surface area contributed by atoms with Gasteiger partial charge in [-0.25, -0.2) is 17.8 Å². The highest BCUT2D eigenvalue weighted by atomic mass is 32.2. The van der Waals surface area contributed by atoms with E-state index in [1.165, 1.54) is 13.0 Å². The Morgan fingerprint density at radius 3 is 2.49 bits per heavy atom. The molecule has 0 aliphatic carbocycles. The Bertz CT molecular complexity index is 1810. The van der Waals surface area contributed by atoms with E-state index in [1.54, 1.807) is 4.90 Å². The maximum atomic E-state index is 14.9. The fourth-order valence-electron chi connectivity index (χ4n) is 4.79. The molecule has 0 unspecified atom stereocenters. The number of carbonyl (C=O) groups excluding carboxylic acids is 2. The van der Waals surface area contributed by atoms with E-state index in [0.717, 1.165) is 29.0 Å². The topological polar surface area (TPSA) is 121 Å². The summed E-state index contributed by atoms with van der Waals surface area (Å²) in [4.78, 5) is 34.7. The number of ether oxygens (including phenoxy) is 1. The smallest absolute Gasteiger partial charge is 0.287 e. The number of nitrogens with zero attached hydrogens (tertiary/aromatic N) is 2. The van der Waals surface area contributed by atoms with E-state index < -0.39 is 32.0 Å². The Labute approximate surface area is 237 Å². The van der Waals surface area contributed by atoms with E-state index >= 15 is 0 Å². The SMILES string of the molecule is Cc1c(C(=O)N2CCOc3ccc(-c4ccc5nc(C(=O)NC(C)(C)C)[nH]c5c4)cc3C2)ccc(S(C)(=O)=O)c1F. The van der Waals surface area contributed by atoms with Gasteiger partial charge in [0, 0.05) is 29.5 Å². The molecule has 0 saturated carbocycles. The summed E-state index contributed by atoms with van der Waals surface area (Å²) >= 11 is 0. The first-order valence-corrected chi connectivity index (χ1v) is 15.0. The van der Waals surface area contributed by atoms with Gasteiger partial charge in [0.25, 0.3) is 11.8 Å². The molecule has 0 fully saturated rings. The molecule has 1 aliphatic heterocycles. The van der Waals surface area contributed by atoms with Crippen molar-refractivity contribution in [2.45, 2.75) is 44.7 Å². The van der Waals surface area contributed by atoms with Crippen LogP contribution in [0.3, 0.4) is 0 Å². The average Bonchev–Trinajstić information content (AvgIpc) is 3.20. The number of halogens is 1. The van der Waals surface area contributed by atoms with Crippen molar-refractivity contribution in [2.75, 3.05) is 19.4 Å². The third-order valence-corrected chi connectivity index (χ3v) is 7.94. The molecule has 0 atom stereocenters. The van der Waals surface area contributed by atoms with Crippen LogP contribution in [0.15, 0.2) is 53.4 Å². The quantitative estimate of drug-likeness (QED) is 0.364. The van der Waals surface area contributed by atoms with Crippen molar-refractivity contribution in [2.24, 2.45) is 0 Å². The lowest BCUT2D eigenvalue weighted by Crippen LogP contribution is -2.41. The van der Waals surface area contributed by atoms with Crippen LogP contribution in [-0.2, 0) is 16.4 Å². The highest BCUT2D eigenvalue weighted by molar-refractivity contribution is 7.90. The highest BCUT2D eigenvalue weighted by Crippen LogP contribution is 2.32. The molecule has 11 heteroatoms.